The predicted molar refractivity (Wildman–Crippen MR) is 452 cm³/mol. The van der Waals surface area contributed by atoms with E-state index in [1.165, 1.54) is 0 Å². The zero-order valence-corrected chi connectivity index (χ0v) is 70.9. The summed E-state index contributed by atoms with van der Waals surface area (Å²) in [5, 5.41) is 25.4. The topological polar surface area (TPSA) is 264 Å². The zero-order valence-electron chi connectivity index (χ0n) is 69.2. The highest BCUT2D eigenvalue weighted by molar-refractivity contribution is 8.04. The second-order valence-electron chi connectivity index (χ2n) is 41.5. The molecule has 0 amide bonds. The van der Waals surface area contributed by atoms with Crippen molar-refractivity contribution < 1.29 is 76.3 Å². The van der Waals surface area contributed by atoms with Crippen LogP contribution in [0.15, 0.2) is 58.3 Å². The Kier molecular flexibility index (Phi) is 8.08. The van der Waals surface area contributed by atoms with E-state index in [0.29, 0.717) is 26.2 Å². The van der Waals surface area contributed by atoms with Gasteiger partial charge in [-0.1, -0.05) is 0 Å². The molecule has 10 aromatic carbocycles. The van der Waals surface area contributed by atoms with E-state index in [1.807, 2.05) is 79.7 Å². The second kappa shape index (κ2) is 16.1. The van der Waals surface area contributed by atoms with Gasteiger partial charge in [0, 0.05) is 47.3 Å². The summed E-state index contributed by atoms with van der Waals surface area (Å²) < 4.78 is 56.6. The van der Waals surface area contributed by atoms with E-state index >= 15 is 38.4 Å². The number of esters is 8. The summed E-state index contributed by atoms with van der Waals surface area (Å²) in [6.07, 6.45) is 0. The molecule has 30 aliphatic rings. The van der Waals surface area contributed by atoms with Crippen LogP contribution in [0.2, 0.25) is 0 Å². The molecule has 0 atom stereocenters. The number of anilines is 2. The SMILES string of the molecule is CCOC(=O)C1(C(=O)OCC)C23c4c5c6c7c8c4-c4c2c2c9c%10c4C4%11c%12c-%10c%10c%13c%14c%12-c%12c%15c%16c(c-7c%12C84C%11(C(=O)OCC)C(=O)OCC)C47CN(c8ccc(SC#N)cc8)CC64c4c-5c5c6c8c4-c4c7c-%16c7c%11c4C84C(C(=O)OCC)(C(=O)OCC)C48c4c%12c(c-2c(c4-6)C513)C91CN(c2ccc(SC#N)cc2)CC%101c1c-%13c(c-%11c8c1-%12)C71C(C(=O)OCC)(C(=O)OCC)C%15%141. The molecule has 0 N–H and O–H groups in total. The first-order valence-electron chi connectivity index (χ1n) is 45.8. The Morgan fingerprint density at radius 2 is 0.375 bits per heavy atom. The Morgan fingerprint density at radius 1 is 0.242 bits per heavy atom. The van der Waals surface area contributed by atoms with Crippen LogP contribution in [0.25, 0.3) is 134 Å². The zero-order chi connectivity index (χ0) is 84.4. The molecule has 20 nitrogen and oxygen atoms in total. The van der Waals surface area contributed by atoms with Crippen LogP contribution in [0.3, 0.4) is 0 Å². The van der Waals surface area contributed by atoms with Crippen molar-refractivity contribution in [1.82, 2.24) is 0 Å². The lowest BCUT2D eigenvalue weighted by molar-refractivity contribution is -0.167. The van der Waals surface area contributed by atoms with E-state index in [-0.39, 0.29) is 52.9 Å². The second-order valence-corrected chi connectivity index (χ2v) is 43.2. The smallest absolute Gasteiger partial charge is 0.326 e. The van der Waals surface area contributed by atoms with Crippen LogP contribution in [-0.4, -0.2) is 127 Å². The molecule has 128 heavy (non-hydrogen) atoms. The van der Waals surface area contributed by atoms with E-state index in [0.717, 1.165) is 312 Å². The number of nitrogens with zero attached hydrogens (tertiary/aromatic N) is 4. The van der Waals surface area contributed by atoms with Gasteiger partial charge in [0.2, 0.25) is 0 Å². The molecule has 2 heterocycles. The number of thioether (sulfide) groups is 2. The largest absolute Gasteiger partial charge is 0.465 e. The highest BCUT2D eigenvalue weighted by Crippen LogP contribution is 3.13. The highest BCUT2D eigenvalue weighted by Gasteiger charge is 3.15. The van der Waals surface area contributed by atoms with Crippen molar-refractivity contribution in [3.05, 3.63) is 182 Å². The fraction of sp³-hybridized carbons (Fsp3) is 0.340. The molecule has 28 aliphatic carbocycles. The van der Waals surface area contributed by atoms with Gasteiger partial charge in [-0.3, -0.25) is 38.4 Å². The molecule has 12 spiro atoms. The molecule has 22 heteroatoms. The lowest BCUT2D eigenvalue weighted by atomic mass is 9.48. The molecule has 608 valence electrons. The Labute approximate surface area is 731 Å². The molecular formula is C106H56N4O16S2. The Hall–Kier alpha value is -12.8. The molecule has 2 aliphatic heterocycles. The third-order valence-electron chi connectivity index (χ3n) is 41.5. The summed E-state index contributed by atoms with van der Waals surface area (Å²) in [4.78, 5) is 154. The van der Waals surface area contributed by atoms with Crippen LogP contribution in [0.5, 0.6) is 0 Å². The number of benzene rings is 10. The summed E-state index contributed by atoms with van der Waals surface area (Å²) >= 11 is 2.18. The van der Waals surface area contributed by atoms with Gasteiger partial charge in [-0.15, -0.1) is 0 Å². The molecule has 0 unspecified atom stereocenters. The molecule has 4 saturated carbocycles. The lowest BCUT2D eigenvalue weighted by Crippen LogP contribution is -2.52. The van der Waals surface area contributed by atoms with Crippen LogP contribution >= 0.6 is 23.5 Å². The van der Waals surface area contributed by atoms with Gasteiger partial charge in [-0.05, 0) is 394 Å². The van der Waals surface area contributed by atoms with Gasteiger partial charge in [0.05, 0.1) is 118 Å². The fourth-order valence-electron chi connectivity index (χ4n) is 41.9. The number of ether oxygens (including phenoxy) is 8. The third-order valence-corrected chi connectivity index (χ3v) is 42.7. The van der Waals surface area contributed by atoms with Gasteiger partial charge < -0.3 is 47.7 Å². The van der Waals surface area contributed by atoms with E-state index in [2.05, 4.69) is 44.9 Å². The molecule has 2 saturated heterocycles. The van der Waals surface area contributed by atoms with Gasteiger partial charge in [-0.25, -0.2) is 0 Å². The normalized spacial score (nSPS) is 33.1. The van der Waals surface area contributed by atoms with Crippen molar-refractivity contribution in [2.24, 2.45) is 21.7 Å². The van der Waals surface area contributed by atoms with Crippen LogP contribution in [0.1, 0.15) is 189 Å². The van der Waals surface area contributed by atoms with Crippen molar-refractivity contribution in [3.8, 4) is 144 Å². The lowest BCUT2D eigenvalue weighted by Gasteiger charge is -2.52. The maximum Gasteiger partial charge on any atom is 0.326 e. The summed E-state index contributed by atoms with van der Waals surface area (Å²) in [5.74, 6) is -5.76. The average molecular weight is 1710 g/mol. The minimum atomic E-state index is -2.30. The number of rotatable bonds is 20. The first kappa shape index (κ1) is 64.0. The maximum atomic E-state index is 18.5. The van der Waals surface area contributed by atoms with Gasteiger partial charge in [-0.2, -0.15) is 10.5 Å². The summed E-state index contributed by atoms with van der Waals surface area (Å²) in [6, 6.07) is 16.6. The van der Waals surface area contributed by atoms with E-state index in [9.17, 15) is 10.5 Å². The van der Waals surface area contributed by atoms with Gasteiger partial charge in [0.1, 0.15) is 10.8 Å². The number of nitriles is 2. The molecule has 6 fully saturated rings. The summed E-state index contributed by atoms with van der Waals surface area (Å²) in [6.45, 7) is 14.8. The van der Waals surface area contributed by atoms with Crippen LogP contribution in [-0.2, 0) is 141 Å². The van der Waals surface area contributed by atoms with Crippen molar-refractivity contribution in [2.75, 3.05) is 88.8 Å². The number of carbonyl (C=O) groups excluding carboxylic acids is 8. The van der Waals surface area contributed by atoms with Crippen molar-refractivity contribution in [3.63, 3.8) is 0 Å². The molecule has 10 aromatic rings. The van der Waals surface area contributed by atoms with Gasteiger partial charge >= 0.3 is 47.8 Å². The number of hydrogen-bond donors (Lipinski definition) is 0. The summed E-state index contributed by atoms with van der Waals surface area (Å²) in [7, 11) is 0. The Balaban J connectivity index is 0.867. The van der Waals surface area contributed by atoms with Crippen LogP contribution < -0.4 is 9.80 Å². The van der Waals surface area contributed by atoms with Gasteiger partial charge in [0.25, 0.3) is 0 Å². The number of carbonyl (C=O) groups is 8. The van der Waals surface area contributed by atoms with Crippen molar-refractivity contribution >= 4 is 82.7 Å². The van der Waals surface area contributed by atoms with Crippen LogP contribution in [0.4, 0.5) is 11.4 Å². The predicted octanol–water partition coefficient (Wildman–Crippen LogP) is 13.2. The molecule has 0 aromatic heterocycles. The van der Waals surface area contributed by atoms with Crippen LogP contribution in [0, 0.1) is 43.0 Å². The molecule has 0 bridgehead atoms. The first-order valence-corrected chi connectivity index (χ1v) is 47.4. The molecule has 40 rings (SSSR count). The summed E-state index contributed by atoms with van der Waals surface area (Å²) in [5.41, 5.74) is 14.6. The minimum Gasteiger partial charge on any atom is -0.465 e. The Bertz CT molecular complexity index is 7400. The monoisotopic (exact) mass is 1700 g/mol. The van der Waals surface area contributed by atoms with E-state index in [4.69, 9.17) is 37.9 Å². The first-order chi connectivity index (χ1) is 62.5. The van der Waals surface area contributed by atoms with Crippen molar-refractivity contribution in [1.29, 1.82) is 10.5 Å². The molecular weight excluding hydrogens is 1650 g/mol. The van der Waals surface area contributed by atoms with E-state index < -0.39 is 134 Å². The average Bonchev–Trinajstić information content (AvgIpc) is 1.32. The Morgan fingerprint density at radius 3 is 0.500 bits per heavy atom. The number of thiocyanates is 2. The highest BCUT2D eigenvalue weighted by atomic mass is 32.2. The van der Waals surface area contributed by atoms with Crippen molar-refractivity contribution in [2.45, 2.75) is 130 Å². The van der Waals surface area contributed by atoms with E-state index in [1.54, 1.807) is 0 Å². The van der Waals surface area contributed by atoms with Gasteiger partial charge in [0.15, 0.2) is 21.7 Å². The molecule has 0 radical (unpaired) electrons. The fourth-order valence-corrected chi connectivity index (χ4v) is 42.7. The number of hydrogen-bond acceptors (Lipinski definition) is 22. The quantitative estimate of drug-likeness (QED) is 0.0226. The maximum absolute atomic E-state index is 18.5. The standard InChI is InChI=1S/C106H56N4O16S2/c1-9-119-83(111)103(84(112)120-10-2)95-67-35-37-61-45-49-65-41-39-63-47-43(59(35)91(61)25-109(27-93(63,65)91)31-17-21-33(22-18-31)127-29-107)75-51(67)52-68(95)36-38-62-46-50-66-42-40-64-48-44(60(36)92(62)26-110(28-94(64,66)92)32-19-23-34(24-20-32)128-30-108)76(52)100-80(48)56-55(79(47)99(75,100)105(100,87(115)123-13-5)88(116)124-14-6)71(39)97(72(40)56)98(104(97,85(113)121-11-3)86(114)122-12-4)73(41)57-58(74(42)98)82(50)102-78(46)54-53(69(37)96(95,103)70(38)54)77(45)101(102,81(49)57)106(102,89(117)125-15-7)90(118)126-16-8/h17-24H,9-16,25-28H2,1-8H3. The third kappa shape index (κ3) is 3.77. The minimum absolute atomic E-state index is 0.109.